The molecule has 1 aliphatic heterocycles. The molecule has 21 heavy (non-hydrogen) atoms. The zero-order chi connectivity index (χ0) is 14.1. The van der Waals surface area contributed by atoms with Gasteiger partial charge in [0.05, 0.1) is 12.1 Å². The molecule has 4 heterocycles. The van der Waals surface area contributed by atoms with Gasteiger partial charge in [-0.05, 0) is 12.1 Å². The minimum Gasteiger partial charge on any atom is -0.309 e. The van der Waals surface area contributed by atoms with Crippen molar-refractivity contribution in [3.8, 4) is 11.4 Å². The molecule has 0 bridgehead atoms. The topological polar surface area (TPSA) is 59.7 Å². The van der Waals surface area contributed by atoms with Crippen LogP contribution in [0.2, 0.25) is 0 Å². The zero-order valence-electron chi connectivity index (χ0n) is 11.4. The summed E-state index contributed by atoms with van der Waals surface area (Å²) in [5.41, 5.74) is 2.90. The molecule has 0 aliphatic carbocycles. The Labute approximate surface area is 126 Å². The fourth-order valence-corrected chi connectivity index (χ4v) is 3.23. The Morgan fingerprint density at radius 2 is 2.14 bits per heavy atom. The highest BCUT2D eigenvalue weighted by molar-refractivity contribution is 7.09. The van der Waals surface area contributed by atoms with Gasteiger partial charge in [0.25, 0.3) is 0 Å². The van der Waals surface area contributed by atoms with E-state index in [0.29, 0.717) is 0 Å². The molecule has 0 saturated carbocycles. The minimum atomic E-state index is 0.825. The van der Waals surface area contributed by atoms with E-state index in [1.165, 1.54) is 4.88 Å². The second kappa shape index (κ2) is 5.34. The minimum absolute atomic E-state index is 0.825. The van der Waals surface area contributed by atoms with Crippen molar-refractivity contribution >= 4 is 11.3 Å². The molecule has 0 spiro atoms. The van der Waals surface area contributed by atoms with Crippen LogP contribution in [-0.2, 0) is 19.6 Å². The molecule has 0 saturated heterocycles. The van der Waals surface area contributed by atoms with Crippen molar-refractivity contribution in [2.75, 3.05) is 6.54 Å². The molecule has 0 unspecified atom stereocenters. The fourth-order valence-electron chi connectivity index (χ4n) is 2.59. The Morgan fingerprint density at radius 3 is 2.95 bits per heavy atom. The van der Waals surface area contributed by atoms with Crippen LogP contribution >= 0.6 is 11.3 Å². The van der Waals surface area contributed by atoms with Gasteiger partial charge in [0.2, 0.25) is 0 Å². The van der Waals surface area contributed by atoms with Gasteiger partial charge in [-0.25, -0.2) is 0 Å². The van der Waals surface area contributed by atoms with Crippen LogP contribution in [-0.4, -0.2) is 36.2 Å². The SMILES string of the molecule is c1cncc(-c2nnc3n2CCN(Cc2cncs2)C3)c1. The first-order chi connectivity index (χ1) is 10.4. The normalized spacial score (nSPS) is 15.0. The fraction of sp³-hybridized carbons (Fsp3) is 0.286. The highest BCUT2D eigenvalue weighted by atomic mass is 32.1. The standard InChI is InChI=1S/C14H14N6S/c1-2-11(6-15-3-1)14-18-17-13-9-19(4-5-20(13)14)8-12-7-16-10-21-12/h1-3,6-7,10H,4-5,8-9H2. The van der Waals surface area contributed by atoms with Gasteiger partial charge in [-0.2, -0.15) is 0 Å². The lowest BCUT2D eigenvalue weighted by Gasteiger charge is -2.27. The highest BCUT2D eigenvalue weighted by Crippen LogP contribution is 2.22. The van der Waals surface area contributed by atoms with Gasteiger partial charge in [-0.15, -0.1) is 21.5 Å². The molecule has 106 valence electrons. The van der Waals surface area contributed by atoms with Gasteiger partial charge >= 0.3 is 0 Å². The van der Waals surface area contributed by atoms with E-state index in [1.54, 1.807) is 17.5 Å². The largest absolute Gasteiger partial charge is 0.309 e. The van der Waals surface area contributed by atoms with E-state index in [-0.39, 0.29) is 0 Å². The molecule has 0 radical (unpaired) electrons. The maximum absolute atomic E-state index is 4.34. The first kappa shape index (κ1) is 12.6. The molecular weight excluding hydrogens is 284 g/mol. The number of fused-ring (bicyclic) bond motifs is 1. The maximum Gasteiger partial charge on any atom is 0.165 e. The smallest absolute Gasteiger partial charge is 0.165 e. The maximum atomic E-state index is 4.34. The summed E-state index contributed by atoms with van der Waals surface area (Å²) >= 11 is 1.70. The van der Waals surface area contributed by atoms with Crippen LogP contribution in [0.25, 0.3) is 11.4 Å². The lowest BCUT2D eigenvalue weighted by atomic mass is 10.2. The Hall–Kier alpha value is -2.12. The Bertz CT molecular complexity index is 721. The van der Waals surface area contributed by atoms with Crippen molar-refractivity contribution in [3.05, 3.63) is 46.9 Å². The van der Waals surface area contributed by atoms with Gasteiger partial charge in [-0.3, -0.25) is 14.9 Å². The lowest BCUT2D eigenvalue weighted by Crippen LogP contribution is -2.33. The summed E-state index contributed by atoms with van der Waals surface area (Å²) in [6.45, 7) is 3.66. The summed E-state index contributed by atoms with van der Waals surface area (Å²) in [6, 6.07) is 3.95. The van der Waals surface area contributed by atoms with Gasteiger partial charge in [0, 0.05) is 48.7 Å². The molecule has 0 aromatic carbocycles. The van der Waals surface area contributed by atoms with Crippen LogP contribution in [0.3, 0.4) is 0 Å². The second-order valence-corrected chi connectivity index (χ2v) is 5.98. The summed E-state index contributed by atoms with van der Waals surface area (Å²) in [5.74, 6) is 1.93. The van der Waals surface area contributed by atoms with E-state index in [4.69, 9.17) is 0 Å². The Morgan fingerprint density at radius 1 is 1.14 bits per heavy atom. The van der Waals surface area contributed by atoms with Crippen molar-refractivity contribution in [3.63, 3.8) is 0 Å². The van der Waals surface area contributed by atoms with Gasteiger partial charge in [-0.1, -0.05) is 0 Å². The summed E-state index contributed by atoms with van der Waals surface area (Å²) < 4.78 is 2.19. The number of nitrogens with zero attached hydrogens (tertiary/aromatic N) is 6. The Balaban J connectivity index is 1.56. The van der Waals surface area contributed by atoms with Crippen LogP contribution in [0.4, 0.5) is 0 Å². The van der Waals surface area contributed by atoms with Crippen molar-refractivity contribution in [1.82, 2.24) is 29.6 Å². The van der Waals surface area contributed by atoms with Crippen molar-refractivity contribution in [1.29, 1.82) is 0 Å². The molecule has 0 N–H and O–H groups in total. The molecule has 0 amide bonds. The third kappa shape index (κ3) is 2.45. The van der Waals surface area contributed by atoms with Crippen LogP contribution in [0.1, 0.15) is 10.7 Å². The third-order valence-electron chi connectivity index (χ3n) is 3.61. The monoisotopic (exact) mass is 298 g/mol. The van der Waals surface area contributed by atoms with Gasteiger partial charge in [0.15, 0.2) is 5.82 Å². The summed E-state index contributed by atoms with van der Waals surface area (Å²) in [5, 5.41) is 8.68. The molecule has 3 aromatic heterocycles. The van der Waals surface area contributed by atoms with E-state index < -0.39 is 0 Å². The highest BCUT2D eigenvalue weighted by Gasteiger charge is 2.22. The number of hydrogen-bond acceptors (Lipinski definition) is 6. The van der Waals surface area contributed by atoms with Gasteiger partial charge in [0.1, 0.15) is 5.82 Å². The quantitative estimate of drug-likeness (QED) is 0.738. The molecule has 1 aliphatic rings. The predicted octanol–water partition coefficient (Wildman–Crippen LogP) is 1.81. The van der Waals surface area contributed by atoms with Crippen molar-refractivity contribution in [2.24, 2.45) is 0 Å². The average Bonchev–Trinajstić information content (AvgIpc) is 3.17. The van der Waals surface area contributed by atoms with Crippen LogP contribution in [0, 0.1) is 0 Å². The number of hydrogen-bond donors (Lipinski definition) is 0. The van der Waals surface area contributed by atoms with Crippen molar-refractivity contribution in [2.45, 2.75) is 19.6 Å². The number of thiazole rings is 1. The first-order valence-corrected chi connectivity index (χ1v) is 7.70. The van der Waals surface area contributed by atoms with E-state index in [2.05, 4.69) is 29.6 Å². The molecule has 6 nitrogen and oxygen atoms in total. The molecular formula is C14H14N6S. The van der Waals surface area contributed by atoms with Crippen LogP contribution < -0.4 is 0 Å². The zero-order valence-corrected chi connectivity index (χ0v) is 12.2. The first-order valence-electron chi connectivity index (χ1n) is 6.82. The summed E-state index contributed by atoms with van der Waals surface area (Å²) in [7, 11) is 0. The molecule has 0 atom stereocenters. The second-order valence-electron chi connectivity index (χ2n) is 5.01. The molecule has 0 fully saturated rings. The van der Waals surface area contributed by atoms with E-state index in [9.17, 15) is 0 Å². The van der Waals surface area contributed by atoms with Gasteiger partial charge < -0.3 is 4.57 Å². The molecule has 3 aromatic rings. The lowest BCUT2D eigenvalue weighted by molar-refractivity contribution is 0.211. The number of aromatic nitrogens is 5. The van der Waals surface area contributed by atoms with E-state index in [1.807, 2.05) is 30.0 Å². The number of pyridine rings is 1. The third-order valence-corrected chi connectivity index (χ3v) is 4.38. The van der Waals surface area contributed by atoms with Crippen molar-refractivity contribution < 1.29 is 0 Å². The summed E-state index contributed by atoms with van der Waals surface area (Å²) in [6.07, 6.45) is 5.54. The summed E-state index contributed by atoms with van der Waals surface area (Å²) in [4.78, 5) is 12.0. The molecule has 4 rings (SSSR count). The number of rotatable bonds is 3. The predicted molar refractivity (Wildman–Crippen MR) is 79.5 cm³/mol. The van der Waals surface area contributed by atoms with E-state index in [0.717, 1.165) is 43.4 Å². The van der Waals surface area contributed by atoms with E-state index >= 15 is 0 Å². The molecule has 7 heteroatoms. The van der Waals surface area contributed by atoms with Crippen LogP contribution in [0.15, 0.2) is 36.2 Å². The average molecular weight is 298 g/mol. The Kier molecular flexibility index (Phi) is 3.21. The van der Waals surface area contributed by atoms with Crippen LogP contribution in [0.5, 0.6) is 0 Å².